The minimum atomic E-state index is -0.581. The first-order chi connectivity index (χ1) is 6.56. The van der Waals surface area contributed by atoms with Crippen LogP contribution in [-0.2, 0) is 6.61 Å². The molecule has 14 heavy (non-hydrogen) atoms. The van der Waals surface area contributed by atoms with E-state index in [0.717, 1.165) is 16.7 Å². The van der Waals surface area contributed by atoms with E-state index in [0.29, 0.717) is 0 Å². The number of benzene rings is 1. The quantitative estimate of drug-likeness (QED) is 0.670. The van der Waals surface area contributed by atoms with E-state index >= 15 is 0 Å². The van der Waals surface area contributed by atoms with Crippen LogP contribution in [0, 0.1) is 6.92 Å². The van der Waals surface area contributed by atoms with E-state index in [-0.39, 0.29) is 12.6 Å². The second-order valence-electron chi connectivity index (χ2n) is 3.62. The van der Waals surface area contributed by atoms with Crippen molar-refractivity contribution < 1.29 is 10.2 Å². The van der Waals surface area contributed by atoms with Gasteiger partial charge in [-0.3, -0.25) is 0 Å². The van der Waals surface area contributed by atoms with Crippen molar-refractivity contribution in [3.63, 3.8) is 0 Å². The molecule has 0 radical (unpaired) electrons. The number of hydrogen-bond acceptors (Lipinski definition) is 3. The van der Waals surface area contributed by atoms with Crippen LogP contribution in [0.15, 0.2) is 18.2 Å². The van der Waals surface area contributed by atoms with Gasteiger partial charge in [-0.2, -0.15) is 0 Å². The van der Waals surface area contributed by atoms with Gasteiger partial charge >= 0.3 is 0 Å². The molecule has 3 nitrogen and oxygen atoms in total. The Labute approximate surface area is 84.2 Å². The van der Waals surface area contributed by atoms with Gasteiger partial charge in [-0.1, -0.05) is 18.2 Å². The average molecular weight is 195 g/mol. The molecule has 0 aromatic heterocycles. The highest BCUT2D eigenvalue weighted by Crippen LogP contribution is 2.20. The number of nitrogens with two attached hydrogens (primary N) is 1. The van der Waals surface area contributed by atoms with Gasteiger partial charge < -0.3 is 15.9 Å². The van der Waals surface area contributed by atoms with Crippen LogP contribution in [0.3, 0.4) is 0 Å². The summed E-state index contributed by atoms with van der Waals surface area (Å²) in [5.41, 5.74) is 8.58. The third-order valence-electron chi connectivity index (χ3n) is 2.41. The molecule has 3 heteroatoms. The first-order valence-electron chi connectivity index (χ1n) is 4.70. The fourth-order valence-corrected chi connectivity index (χ4v) is 1.41. The maximum Gasteiger partial charge on any atom is 0.0704 e. The van der Waals surface area contributed by atoms with Crippen LogP contribution < -0.4 is 5.73 Å². The highest BCUT2D eigenvalue weighted by Gasteiger charge is 2.14. The fourth-order valence-electron chi connectivity index (χ4n) is 1.41. The van der Waals surface area contributed by atoms with E-state index in [2.05, 4.69) is 0 Å². The summed E-state index contributed by atoms with van der Waals surface area (Å²) in [5, 5.41) is 18.3. The van der Waals surface area contributed by atoms with Crippen molar-refractivity contribution in [3.05, 3.63) is 34.9 Å². The lowest BCUT2D eigenvalue weighted by Crippen LogP contribution is -2.24. The van der Waals surface area contributed by atoms with E-state index in [1.807, 2.05) is 25.1 Å². The molecule has 0 amide bonds. The Balaban J connectivity index is 3.05. The third-order valence-corrected chi connectivity index (χ3v) is 2.41. The van der Waals surface area contributed by atoms with Gasteiger partial charge in [-0.15, -0.1) is 0 Å². The van der Waals surface area contributed by atoms with Crippen LogP contribution in [0.25, 0.3) is 0 Å². The number of aliphatic hydroxyl groups excluding tert-OH is 2. The Kier molecular flexibility index (Phi) is 3.63. The highest BCUT2D eigenvalue weighted by atomic mass is 16.3. The van der Waals surface area contributed by atoms with Gasteiger partial charge in [0, 0.05) is 0 Å². The summed E-state index contributed by atoms with van der Waals surface area (Å²) in [6.45, 7) is 3.61. The van der Waals surface area contributed by atoms with Crippen molar-refractivity contribution in [2.24, 2.45) is 5.73 Å². The van der Waals surface area contributed by atoms with Crippen LogP contribution in [0.1, 0.15) is 29.7 Å². The zero-order valence-electron chi connectivity index (χ0n) is 8.57. The number of aliphatic hydroxyl groups is 2. The summed E-state index contributed by atoms with van der Waals surface area (Å²) in [4.78, 5) is 0. The summed E-state index contributed by atoms with van der Waals surface area (Å²) >= 11 is 0. The maximum absolute atomic E-state index is 9.37. The van der Waals surface area contributed by atoms with Crippen molar-refractivity contribution in [2.45, 2.75) is 32.6 Å². The predicted octanol–water partition coefficient (Wildman–Crippen LogP) is 0.868. The van der Waals surface area contributed by atoms with Gasteiger partial charge in [0.2, 0.25) is 0 Å². The van der Waals surface area contributed by atoms with Crippen molar-refractivity contribution in [3.8, 4) is 0 Å². The predicted molar refractivity (Wildman–Crippen MR) is 55.7 cm³/mol. The molecular weight excluding hydrogens is 178 g/mol. The van der Waals surface area contributed by atoms with Crippen molar-refractivity contribution >= 4 is 0 Å². The van der Waals surface area contributed by atoms with Crippen LogP contribution in [0.2, 0.25) is 0 Å². The van der Waals surface area contributed by atoms with Crippen LogP contribution in [0.5, 0.6) is 0 Å². The van der Waals surface area contributed by atoms with Gasteiger partial charge in [0.25, 0.3) is 0 Å². The van der Waals surface area contributed by atoms with E-state index in [1.54, 1.807) is 6.92 Å². The summed E-state index contributed by atoms with van der Waals surface area (Å²) in [6.07, 6.45) is -0.581. The van der Waals surface area contributed by atoms with Gasteiger partial charge in [-0.05, 0) is 30.5 Å². The topological polar surface area (TPSA) is 66.5 Å². The molecule has 1 unspecified atom stereocenters. The molecule has 0 aliphatic rings. The molecule has 0 heterocycles. The van der Waals surface area contributed by atoms with E-state index in [1.165, 1.54) is 0 Å². The average Bonchev–Trinajstić information content (AvgIpc) is 2.17. The molecule has 0 aliphatic carbocycles. The summed E-state index contributed by atoms with van der Waals surface area (Å²) in [5.74, 6) is 0. The minimum absolute atomic E-state index is 0.000189. The second-order valence-corrected chi connectivity index (χ2v) is 3.62. The van der Waals surface area contributed by atoms with E-state index in [9.17, 15) is 5.11 Å². The third kappa shape index (κ3) is 2.32. The van der Waals surface area contributed by atoms with Crippen LogP contribution in [-0.4, -0.2) is 16.3 Å². The monoisotopic (exact) mass is 195 g/mol. The number of rotatable bonds is 3. The molecule has 2 atom stereocenters. The molecule has 0 spiro atoms. The highest BCUT2D eigenvalue weighted by molar-refractivity contribution is 5.33. The van der Waals surface area contributed by atoms with Gasteiger partial charge in [0.05, 0.1) is 18.8 Å². The lowest BCUT2D eigenvalue weighted by molar-refractivity contribution is 0.164. The van der Waals surface area contributed by atoms with Gasteiger partial charge in [-0.25, -0.2) is 0 Å². The summed E-state index contributed by atoms with van der Waals surface area (Å²) in [7, 11) is 0. The minimum Gasteiger partial charge on any atom is -0.392 e. The number of aryl methyl sites for hydroxylation is 1. The van der Waals surface area contributed by atoms with E-state index < -0.39 is 6.10 Å². The van der Waals surface area contributed by atoms with Crippen molar-refractivity contribution in [1.29, 1.82) is 0 Å². The molecule has 0 aliphatic heterocycles. The molecular formula is C11H17NO2. The Morgan fingerprint density at radius 2 is 2.07 bits per heavy atom. The summed E-state index contributed by atoms with van der Waals surface area (Å²) < 4.78 is 0. The molecule has 78 valence electrons. The lowest BCUT2D eigenvalue weighted by atomic mass is 9.96. The molecule has 1 aromatic carbocycles. The molecule has 1 rings (SSSR count). The van der Waals surface area contributed by atoms with Gasteiger partial charge in [0.15, 0.2) is 0 Å². The molecule has 0 saturated carbocycles. The summed E-state index contributed by atoms with van der Waals surface area (Å²) in [6, 6.07) is 5.21. The van der Waals surface area contributed by atoms with Crippen molar-refractivity contribution in [1.82, 2.24) is 0 Å². The lowest BCUT2D eigenvalue weighted by Gasteiger charge is -2.18. The molecule has 0 fully saturated rings. The molecule has 1 aromatic rings. The standard InChI is InChI=1S/C11H17NO2/c1-7-3-4-9(6-13)5-10(7)11(12)8(2)14/h3-5,8,11,13-14H,6,12H2,1-2H3/t8?,11-/m0/s1. The Bertz CT molecular complexity index is 310. The second kappa shape index (κ2) is 4.55. The molecule has 4 N–H and O–H groups in total. The van der Waals surface area contributed by atoms with Crippen LogP contribution >= 0.6 is 0 Å². The Morgan fingerprint density at radius 1 is 1.43 bits per heavy atom. The Hall–Kier alpha value is -0.900. The first kappa shape index (κ1) is 11.2. The normalized spacial score (nSPS) is 15.2. The number of hydrogen-bond donors (Lipinski definition) is 3. The zero-order chi connectivity index (χ0) is 10.7. The molecule has 0 saturated heterocycles. The largest absolute Gasteiger partial charge is 0.392 e. The first-order valence-corrected chi connectivity index (χ1v) is 4.70. The molecule has 0 bridgehead atoms. The fraction of sp³-hybridized carbons (Fsp3) is 0.455. The SMILES string of the molecule is Cc1ccc(CO)cc1[C@@H](N)C(C)O. The zero-order valence-corrected chi connectivity index (χ0v) is 8.57. The smallest absolute Gasteiger partial charge is 0.0704 e. The van der Waals surface area contributed by atoms with Crippen LogP contribution in [0.4, 0.5) is 0 Å². The van der Waals surface area contributed by atoms with Crippen molar-refractivity contribution in [2.75, 3.05) is 0 Å². The Morgan fingerprint density at radius 3 is 2.57 bits per heavy atom. The maximum atomic E-state index is 9.37. The van der Waals surface area contributed by atoms with Gasteiger partial charge in [0.1, 0.15) is 0 Å². The van der Waals surface area contributed by atoms with E-state index in [4.69, 9.17) is 10.8 Å².